The number of aliphatic imine (C=N–C) groups is 1. The predicted octanol–water partition coefficient (Wildman–Crippen LogP) is 3.16. The fraction of sp³-hybridized carbons (Fsp3) is 0.0526. The molecule has 0 aliphatic carbocycles. The Hall–Kier alpha value is -3.26. The molecular weight excluding hydrogens is 371 g/mol. The summed E-state index contributed by atoms with van der Waals surface area (Å²) in [5.74, 6) is -2.29. The van der Waals surface area contributed by atoms with Gasteiger partial charge in [-0.15, -0.1) is 0 Å². The molecule has 0 atom stereocenters. The van der Waals surface area contributed by atoms with Crippen LogP contribution in [0.25, 0.3) is 0 Å². The van der Waals surface area contributed by atoms with Gasteiger partial charge < -0.3 is 4.74 Å². The number of ether oxygens (including phenoxy) is 1. The number of anilines is 1. The molecule has 0 saturated carbocycles. The van der Waals surface area contributed by atoms with E-state index in [4.69, 9.17) is 0 Å². The monoisotopic (exact) mass is 384 g/mol. The maximum Gasteiger partial charge on any atom is 0.331 e. The van der Waals surface area contributed by atoms with Gasteiger partial charge in [0.2, 0.25) is 0 Å². The highest BCUT2D eigenvalue weighted by Crippen LogP contribution is 2.35. The van der Waals surface area contributed by atoms with E-state index < -0.39 is 23.6 Å². The number of amidine groups is 1. The van der Waals surface area contributed by atoms with Crippen LogP contribution in [0.3, 0.4) is 0 Å². The van der Waals surface area contributed by atoms with Crippen LogP contribution in [0, 0.1) is 5.82 Å². The zero-order valence-corrected chi connectivity index (χ0v) is 14.9. The largest absolute Gasteiger partial charge is 0.466 e. The molecule has 6 nitrogen and oxygen atoms in total. The number of halogens is 1. The van der Waals surface area contributed by atoms with Gasteiger partial charge in [0.15, 0.2) is 5.17 Å². The van der Waals surface area contributed by atoms with Crippen molar-refractivity contribution in [2.24, 2.45) is 4.99 Å². The Labute approximate surface area is 158 Å². The van der Waals surface area contributed by atoms with E-state index >= 15 is 0 Å². The van der Waals surface area contributed by atoms with Crippen LogP contribution in [0.5, 0.6) is 0 Å². The first-order valence-electron chi connectivity index (χ1n) is 7.75. The zero-order chi connectivity index (χ0) is 19.4. The minimum absolute atomic E-state index is 0.0800. The Morgan fingerprint density at radius 1 is 1.11 bits per heavy atom. The number of rotatable bonds is 3. The van der Waals surface area contributed by atoms with Crippen LogP contribution in [0.15, 0.2) is 70.6 Å². The second-order valence-corrected chi connectivity index (χ2v) is 6.33. The van der Waals surface area contributed by atoms with Gasteiger partial charge >= 0.3 is 5.97 Å². The average Bonchev–Trinajstić information content (AvgIpc) is 2.97. The van der Waals surface area contributed by atoms with E-state index in [9.17, 15) is 18.8 Å². The van der Waals surface area contributed by atoms with E-state index in [1.807, 2.05) is 0 Å². The van der Waals surface area contributed by atoms with Crippen LogP contribution in [0.1, 0.15) is 10.4 Å². The van der Waals surface area contributed by atoms with E-state index in [0.29, 0.717) is 5.69 Å². The summed E-state index contributed by atoms with van der Waals surface area (Å²) in [7, 11) is 1.20. The maximum absolute atomic E-state index is 13.0. The first kappa shape index (κ1) is 18.5. The van der Waals surface area contributed by atoms with E-state index in [0.717, 1.165) is 30.0 Å². The summed E-state index contributed by atoms with van der Waals surface area (Å²) >= 11 is 0.883. The fourth-order valence-corrected chi connectivity index (χ4v) is 3.20. The third-order valence-electron chi connectivity index (χ3n) is 3.56. The summed E-state index contributed by atoms with van der Waals surface area (Å²) in [6.45, 7) is 0. The van der Waals surface area contributed by atoms with Crippen molar-refractivity contribution in [3.05, 3.63) is 77.0 Å². The zero-order valence-electron chi connectivity index (χ0n) is 14.1. The van der Waals surface area contributed by atoms with E-state index in [2.05, 4.69) is 9.73 Å². The van der Waals surface area contributed by atoms with Crippen molar-refractivity contribution in [2.75, 3.05) is 12.0 Å². The summed E-state index contributed by atoms with van der Waals surface area (Å²) in [5.41, 5.74) is 0.671. The van der Waals surface area contributed by atoms with E-state index in [1.54, 1.807) is 30.3 Å². The van der Waals surface area contributed by atoms with Crippen LogP contribution in [0.4, 0.5) is 10.1 Å². The van der Waals surface area contributed by atoms with Gasteiger partial charge in [0, 0.05) is 11.6 Å². The molecule has 2 amide bonds. The molecule has 27 heavy (non-hydrogen) atoms. The molecule has 1 aliphatic heterocycles. The van der Waals surface area contributed by atoms with Gasteiger partial charge in [0.05, 0.1) is 17.7 Å². The van der Waals surface area contributed by atoms with E-state index in [-0.39, 0.29) is 15.6 Å². The van der Waals surface area contributed by atoms with Crippen LogP contribution in [-0.2, 0) is 14.3 Å². The maximum atomic E-state index is 13.0. The first-order chi connectivity index (χ1) is 13.0. The molecule has 1 heterocycles. The van der Waals surface area contributed by atoms with Gasteiger partial charge in [0.1, 0.15) is 5.82 Å². The summed E-state index contributed by atoms with van der Waals surface area (Å²) in [6, 6.07) is 13.5. The number of carbonyl (C=O) groups excluding carboxylic acids is 3. The Kier molecular flexibility index (Phi) is 5.46. The van der Waals surface area contributed by atoms with Crippen LogP contribution in [0.2, 0.25) is 0 Å². The number of benzene rings is 2. The molecule has 1 aliphatic rings. The molecule has 0 spiro atoms. The van der Waals surface area contributed by atoms with Gasteiger partial charge in [0.25, 0.3) is 11.8 Å². The van der Waals surface area contributed by atoms with Gasteiger partial charge in [-0.05, 0) is 48.2 Å². The number of carbonyl (C=O) groups is 3. The molecular formula is C19H13FN2O4S. The van der Waals surface area contributed by atoms with Gasteiger partial charge in [-0.25, -0.2) is 9.18 Å². The minimum atomic E-state index is -0.690. The number of methoxy groups -OCH3 is 1. The molecule has 1 fully saturated rings. The lowest BCUT2D eigenvalue weighted by atomic mass is 10.2. The van der Waals surface area contributed by atoms with Crippen molar-refractivity contribution >= 4 is 40.4 Å². The average molecular weight is 384 g/mol. The molecule has 0 bridgehead atoms. The minimum Gasteiger partial charge on any atom is -0.466 e. The van der Waals surface area contributed by atoms with Gasteiger partial charge in [-0.2, -0.15) is 4.99 Å². The normalized spacial score (nSPS) is 16.8. The third-order valence-corrected chi connectivity index (χ3v) is 4.53. The van der Waals surface area contributed by atoms with Crippen molar-refractivity contribution in [2.45, 2.75) is 0 Å². The second-order valence-electron chi connectivity index (χ2n) is 5.32. The predicted molar refractivity (Wildman–Crippen MR) is 99.8 cm³/mol. The molecule has 0 N–H and O–H groups in total. The summed E-state index contributed by atoms with van der Waals surface area (Å²) in [4.78, 5) is 42.0. The first-order valence-corrected chi connectivity index (χ1v) is 8.57. The summed E-state index contributed by atoms with van der Waals surface area (Å²) < 4.78 is 17.6. The highest BCUT2D eigenvalue weighted by molar-refractivity contribution is 8.19. The Morgan fingerprint density at radius 2 is 1.78 bits per heavy atom. The summed E-state index contributed by atoms with van der Waals surface area (Å²) in [6.07, 6.45) is 1.05. The number of esters is 1. The third kappa shape index (κ3) is 4.12. The van der Waals surface area contributed by atoms with Gasteiger partial charge in [-0.1, -0.05) is 18.2 Å². The summed E-state index contributed by atoms with van der Waals surface area (Å²) in [5, 5.41) is 0.0932. The highest BCUT2D eigenvalue weighted by atomic mass is 32.2. The topological polar surface area (TPSA) is 76.0 Å². The van der Waals surface area contributed by atoms with Crippen molar-refractivity contribution in [3.63, 3.8) is 0 Å². The van der Waals surface area contributed by atoms with Crippen LogP contribution >= 0.6 is 11.8 Å². The molecule has 2 aromatic carbocycles. The molecule has 1 saturated heterocycles. The molecule has 0 aromatic heterocycles. The SMILES string of the molecule is COC(=O)C=C1SC(=NC(=O)c2ccc(F)cc2)N(c2ccccc2)C1=O. The Balaban J connectivity index is 2.00. The standard InChI is InChI=1S/C19H13FN2O4S/c1-26-16(23)11-15-18(25)22(14-5-3-2-4-6-14)19(27-15)21-17(24)12-7-9-13(20)10-8-12/h2-11H,1H3. The second kappa shape index (κ2) is 7.96. The lowest BCUT2D eigenvalue weighted by Gasteiger charge is -2.15. The van der Waals surface area contributed by atoms with Crippen molar-refractivity contribution in [1.29, 1.82) is 0 Å². The molecule has 136 valence electrons. The van der Waals surface area contributed by atoms with Crippen LogP contribution in [-0.4, -0.2) is 30.1 Å². The molecule has 8 heteroatoms. The van der Waals surface area contributed by atoms with Crippen molar-refractivity contribution in [3.8, 4) is 0 Å². The number of nitrogens with zero attached hydrogens (tertiary/aromatic N) is 2. The lowest BCUT2D eigenvalue weighted by Crippen LogP contribution is -2.29. The molecule has 0 radical (unpaired) electrons. The van der Waals surface area contributed by atoms with Gasteiger partial charge in [-0.3, -0.25) is 14.5 Å². The lowest BCUT2D eigenvalue weighted by molar-refractivity contribution is -0.135. The highest BCUT2D eigenvalue weighted by Gasteiger charge is 2.36. The Morgan fingerprint density at radius 3 is 2.41 bits per heavy atom. The number of amides is 2. The number of para-hydroxylation sites is 1. The smallest absolute Gasteiger partial charge is 0.331 e. The number of hydrogen-bond donors (Lipinski definition) is 0. The Bertz CT molecular complexity index is 955. The van der Waals surface area contributed by atoms with Crippen LogP contribution < -0.4 is 4.90 Å². The molecule has 2 aromatic rings. The van der Waals surface area contributed by atoms with Crippen molar-refractivity contribution < 1.29 is 23.5 Å². The van der Waals surface area contributed by atoms with E-state index in [1.165, 1.54) is 24.1 Å². The quantitative estimate of drug-likeness (QED) is 0.600. The molecule has 0 unspecified atom stereocenters. The fourth-order valence-electron chi connectivity index (χ4n) is 2.26. The number of thioether (sulfide) groups is 1. The number of hydrogen-bond acceptors (Lipinski definition) is 5. The van der Waals surface area contributed by atoms with Crippen molar-refractivity contribution in [1.82, 2.24) is 0 Å². The molecule has 3 rings (SSSR count).